The minimum Gasteiger partial charge on any atom is -0.508 e. The van der Waals surface area contributed by atoms with Gasteiger partial charge in [0.2, 0.25) is 5.91 Å². The smallest absolute Gasteiger partial charge is 0.242 e. The number of H-pyrrole nitrogens is 1. The predicted octanol–water partition coefficient (Wildman–Crippen LogP) is 0.624. The van der Waals surface area contributed by atoms with Crippen LogP contribution in [0.5, 0.6) is 5.75 Å². The third-order valence-corrected chi connectivity index (χ3v) is 2.49. The van der Waals surface area contributed by atoms with Crippen LogP contribution in [0, 0.1) is 0 Å². The van der Waals surface area contributed by atoms with E-state index in [1.807, 2.05) is 0 Å². The molecule has 0 fully saturated rings. The highest BCUT2D eigenvalue weighted by Crippen LogP contribution is 2.11. The van der Waals surface area contributed by atoms with Crippen LogP contribution >= 0.6 is 0 Å². The largest absolute Gasteiger partial charge is 0.508 e. The van der Waals surface area contributed by atoms with Gasteiger partial charge in [0.05, 0.1) is 12.2 Å². The lowest BCUT2D eigenvalue weighted by Gasteiger charge is -2.11. The molecule has 1 unspecified atom stereocenters. The summed E-state index contributed by atoms with van der Waals surface area (Å²) in [6.45, 7) is 0. The number of aromatic hydroxyl groups is 1. The Morgan fingerprint density at radius 3 is 2.72 bits per heavy atom. The molecule has 0 bridgehead atoms. The van der Waals surface area contributed by atoms with E-state index in [-0.39, 0.29) is 11.7 Å². The van der Waals surface area contributed by atoms with Gasteiger partial charge in [0.15, 0.2) is 0 Å². The minimum absolute atomic E-state index is 0.189. The van der Waals surface area contributed by atoms with Gasteiger partial charge in [-0.25, -0.2) is 0 Å². The van der Waals surface area contributed by atoms with Crippen LogP contribution in [-0.4, -0.2) is 27.3 Å². The van der Waals surface area contributed by atoms with Gasteiger partial charge in [-0.2, -0.15) is 5.10 Å². The molecular formula is C12H14N4O2. The highest BCUT2D eigenvalue weighted by molar-refractivity contribution is 5.93. The Balaban J connectivity index is 1.93. The first-order valence-corrected chi connectivity index (χ1v) is 5.49. The van der Waals surface area contributed by atoms with Crippen LogP contribution in [0.3, 0.4) is 0 Å². The molecular weight excluding hydrogens is 232 g/mol. The van der Waals surface area contributed by atoms with Crippen molar-refractivity contribution in [2.45, 2.75) is 12.5 Å². The van der Waals surface area contributed by atoms with Gasteiger partial charge < -0.3 is 16.2 Å². The Morgan fingerprint density at radius 2 is 2.11 bits per heavy atom. The van der Waals surface area contributed by atoms with Gasteiger partial charge in [-0.3, -0.25) is 9.89 Å². The molecule has 0 aliphatic carbocycles. The average molecular weight is 246 g/mol. The van der Waals surface area contributed by atoms with E-state index in [0.717, 1.165) is 5.56 Å². The molecule has 0 aliphatic heterocycles. The minimum atomic E-state index is -0.655. The van der Waals surface area contributed by atoms with E-state index < -0.39 is 6.04 Å². The number of hydrogen-bond donors (Lipinski definition) is 4. The SMILES string of the molecule is NC(Cc1ccc(O)cc1)C(=O)Nc1ccn[nH]1. The molecule has 1 aromatic heterocycles. The van der Waals surface area contributed by atoms with E-state index in [2.05, 4.69) is 15.5 Å². The zero-order valence-corrected chi connectivity index (χ0v) is 9.63. The summed E-state index contributed by atoms with van der Waals surface area (Å²) in [4.78, 5) is 11.7. The van der Waals surface area contributed by atoms with Crippen molar-refractivity contribution in [3.8, 4) is 5.75 Å². The van der Waals surface area contributed by atoms with Crippen LogP contribution in [0.25, 0.3) is 0 Å². The van der Waals surface area contributed by atoms with Gasteiger partial charge in [-0.05, 0) is 24.1 Å². The number of phenolic OH excluding ortho intramolecular Hbond substituents is 1. The van der Waals surface area contributed by atoms with Gasteiger partial charge >= 0.3 is 0 Å². The number of phenols is 1. The van der Waals surface area contributed by atoms with Gasteiger partial charge in [0.1, 0.15) is 11.6 Å². The second-order valence-electron chi connectivity index (χ2n) is 3.94. The Kier molecular flexibility index (Phi) is 3.59. The van der Waals surface area contributed by atoms with E-state index in [1.165, 1.54) is 0 Å². The summed E-state index contributed by atoms with van der Waals surface area (Å²) in [5, 5.41) is 18.1. The van der Waals surface area contributed by atoms with Crippen molar-refractivity contribution in [2.24, 2.45) is 5.73 Å². The zero-order valence-electron chi connectivity index (χ0n) is 9.63. The number of carbonyl (C=O) groups is 1. The summed E-state index contributed by atoms with van der Waals surface area (Å²) < 4.78 is 0. The van der Waals surface area contributed by atoms with Crippen molar-refractivity contribution in [3.05, 3.63) is 42.1 Å². The number of rotatable bonds is 4. The molecule has 1 heterocycles. The number of aromatic amines is 1. The molecule has 6 nitrogen and oxygen atoms in total. The van der Waals surface area contributed by atoms with E-state index in [1.54, 1.807) is 36.5 Å². The Morgan fingerprint density at radius 1 is 1.39 bits per heavy atom. The quantitative estimate of drug-likeness (QED) is 0.635. The molecule has 2 aromatic rings. The molecule has 0 spiro atoms. The van der Waals surface area contributed by atoms with E-state index in [9.17, 15) is 4.79 Å². The summed E-state index contributed by atoms with van der Waals surface area (Å²) >= 11 is 0. The molecule has 1 aromatic carbocycles. The van der Waals surface area contributed by atoms with Crippen LogP contribution in [0.2, 0.25) is 0 Å². The normalized spacial score (nSPS) is 12.1. The molecule has 2 rings (SSSR count). The van der Waals surface area contributed by atoms with Gasteiger partial charge in [-0.1, -0.05) is 12.1 Å². The monoisotopic (exact) mass is 246 g/mol. The molecule has 18 heavy (non-hydrogen) atoms. The maximum Gasteiger partial charge on any atom is 0.242 e. The number of nitrogens with zero attached hydrogens (tertiary/aromatic N) is 1. The first kappa shape index (κ1) is 12.1. The summed E-state index contributed by atoms with van der Waals surface area (Å²) in [6.07, 6.45) is 1.95. The van der Waals surface area contributed by atoms with Crippen molar-refractivity contribution in [1.82, 2.24) is 10.2 Å². The fraction of sp³-hybridized carbons (Fsp3) is 0.167. The molecule has 5 N–H and O–H groups in total. The maximum atomic E-state index is 11.7. The summed E-state index contributed by atoms with van der Waals surface area (Å²) in [5.74, 6) is 0.419. The highest BCUT2D eigenvalue weighted by Gasteiger charge is 2.14. The summed E-state index contributed by atoms with van der Waals surface area (Å²) in [7, 11) is 0. The Labute approximate surface area is 104 Å². The number of benzene rings is 1. The van der Waals surface area contributed by atoms with Crippen molar-refractivity contribution < 1.29 is 9.90 Å². The molecule has 6 heteroatoms. The molecule has 0 radical (unpaired) electrons. The molecule has 0 saturated carbocycles. The number of nitrogens with two attached hydrogens (primary N) is 1. The van der Waals surface area contributed by atoms with E-state index in [0.29, 0.717) is 12.2 Å². The lowest BCUT2D eigenvalue weighted by molar-refractivity contribution is -0.117. The third-order valence-electron chi connectivity index (χ3n) is 2.49. The third kappa shape index (κ3) is 3.08. The second kappa shape index (κ2) is 5.33. The first-order valence-electron chi connectivity index (χ1n) is 5.49. The van der Waals surface area contributed by atoms with Crippen molar-refractivity contribution in [1.29, 1.82) is 0 Å². The van der Waals surface area contributed by atoms with Gasteiger partial charge in [-0.15, -0.1) is 0 Å². The molecule has 94 valence electrons. The van der Waals surface area contributed by atoms with Gasteiger partial charge in [0, 0.05) is 6.07 Å². The highest BCUT2D eigenvalue weighted by atomic mass is 16.3. The number of anilines is 1. The predicted molar refractivity (Wildman–Crippen MR) is 67.0 cm³/mol. The fourth-order valence-corrected chi connectivity index (χ4v) is 1.53. The Bertz CT molecular complexity index is 507. The number of hydrogen-bond acceptors (Lipinski definition) is 4. The second-order valence-corrected chi connectivity index (χ2v) is 3.94. The lowest BCUT2D eigenvalue weighted by atomic mass is 10.1. The van der Waals surface area contributed by atoms with Crippen LogP contribution < -0.4 is 11.1 Å². The zero-order chi connectivity index (χ0) is 13.0. The van der Waals surface area contributed by atoms with Crippen LogP contribution in [0.15, 0.2) is 36.5 Å². The van der Waals surface area contributed by atoms with Crippen LogP contribution in [0.1, 0.15) is 5.56 Å². The molecule has 1 atom stereocenters. The average Bonchev–Trinajstić information content (AvgIpc) is 2.85. The van der Waals surface area contributed by atoms with E-state index >= 15 is 0 Å². The number of amides is 1. The van der Waals surface area contributed by atoms with Crippen molar-refractivity contribution >= 4 is 11.7 Å². The topological polar surface area (TPSA) is 104 Å². The number of carbonyl (C=O) groups excluding carboxylic acids is 1. The lowest BCUT2D eigenvalue weighted by Crippen LogP contribution is -2.37. The fourth-order valence-electron chi connectivity index (χ4n) is 1.53. The van der Waals surface area contributed by atoms with Crippen LogP contribution in [0.4, 0.5) is 5.82 Å². The summed E-state index contributed by atoms with van der Waals surface area (Å²) in [6, 6.07) is 7.59. The Hall–Kier alpha value is -2.34. The number of nitrogens with one attached hydrogen (secondary N) is 2. The van der Waals surface area contributed by atoms with Gasteiger partial charge in [0.25, 0.3) is 0 Å². The van der Waals surface area contributed by atoms with Crippen molar-refractivity contribution in [2.75, 3.05) is 5.32 Å². The number of aromatic nitrogens is 2. The van der Waals surface area contributed by atoms with Crippen molar-refractivity contribution in [3.63, 3.8) is 0 Å². The molecule has 0 saturated heterocycles. The maximum absolute atomic E-state index is 11.7. The first-order chi connectivity index (χ1) is 8.65. The van der Waals surface area contributed by atoms with Crippen LogP contribution in [-0.2, 0) is 11.2 Å². The summed E-state index contributed by atoms with van der Waals surface area (Å²) in [5.41, 5.74) is 6.68. The molecule has 0 aliphatic rings. The standard InChI is InChI=1S/C12H14N4O2/c13-10(7-8-1-3-9(17)4-2-8)12(18)15-11-5-6-14-16-11/h1-6,10,17H,7,13H2,(H2,14,15,16,18). The van der Waals surface area contributed by atoms with E-state index in [4.69, 9.17) is 10.8 Å². The molecule has 1 amide bonds.